The molecule has 0 spiro atoms. The van der Waals surface area contributed by atoms with E-state index in [9.17, 15) is 13.5 Å². The van der Waals surface area contributed by atoms with Gasteiger partial charge in [-0.2, -0.15) is 4.31 Å². The molecule has 0 unspecified atom stereocenters. The summed E-state index contributed by atoms with van der Waals surface area (Å²) in [4.78, 5) is 0.109. The predicted molar refractivity (Wildman–Crippen MR) is 87.0 cm³/mol. The molecule has 1 aromatic rings. The first-order valence-corrected chi connectivity index (χ1v) is 8.98. The Labute approximate surface area is 136 Å². The zero-order valence-electron chi connectivity index (χ0n) is 11.5. The van der Waals surface area contributed by atoms with Gasteiger partial charge in [0.05, 0.1) is 5.60 Å². The topological polar surface area (TPSA) is 83.6 Å². The average Bonchev–Trinajstić information content (AvgIpc) is 2.22. The number of hydrogen-bond acceptors (Lipinski definition) is 4. The molecule has 0 aliphatic heterocycles. The summed E-state index contributed by atoms with van der Waals surface area (Å²) < 4.78 is 27.4. The highest BCUT2D eigenvalue weighted by atomic mass is 79.9. The summed E-state index contributed by atoms with van der Waals surface area (Å²) in [5, 5.41) is 9.86. The molecule has 0 saturated heterocycles. The maximum atomic E-state index is 12.7. The first-order valence-electron chi connectivity index (χ1n) is 5.96. The van der Waals surface area contributed by atoms with Gasteiger partial charge in [0.1, 0.15) is 4.90 Å². The van der Waals surface area contributed by atoms with Crippen LogP contribution in [0, 0.1) is 0 Å². The van der Waals surface area contributed by atoms with E-state index in [1.165, 1.54) is 16.4 Å². The number of anilines is 1. The molecule has 0 saturated carbocycles. The van der Waals surface area contributed by atoms with Gasteiger partial charge >= 0.3 is 0 Å². The quantitative estimate of drug-likeness (QED) is 0.704. The van der Waals surface area contributed by atoms with E-state index in [1.807, 2.05) is 0 Å². The van der Waals surface area contributed by atoms with E-state index in [0.717, 1.165) is 0 Å². The summed E-state index contributed by atoms with van der Waals surface area (Å²) in [5.41, 5.74) is 5.01. The summed E-state index contributed by atoms with van der Waals surface area (Å²) in [5.74, 6) is 0. The largest absolute Gasteiger partial charge is 0.399 e. The molecule has 0 aromatic heterocycles. The Balaban J connectivity index is 3.35. The Morgan fingerprint density at radius 3 is 2.10 bits per heavy atom. The summed E-state index contributed by atoms with van der Waals surface area (Å²) in [7, 11) is -3.74. The van der Waals surface area contributed by atoms with E-state index in [1.54, 1.807) is 20.8 Å². The van der Waals surface area contributed by atoms with Crippen molar-refractivity contribution in [1.82, 2.24) is 4.31 Å². The van der Waals surface area contributed by atoms with E-state index >= 15 is 0 Å². The third-order valence-corrected chi connectivity index (χ3v) is 6.33. The lowest BCUT2D eigenvalue weighted by Crippen LogP contribution is -2.42. The Morgan fingerprint density at radius 1 is 1.30 bits per heavy atom. The number of benzene rings is 1. The fraction of sp³-hybridized carbons (Fsp3) is 0.500. The number of nitrogens with zero attached hydrogens (tertiary/aromatic N) is 1. The number of sulfonamides is 1. The second kappa shape index (κ2) is 6.31. The monoisotopic (exact) mass is 428 g/mol. The zero-order chi connectivity index (χ0) is 15.7. The Hall–Kier alpha value is -0.150. The van der Waals surface area contributed by atoms with Gasteiger partial charge in [0.25, 0.3) is 0 Å². The first-order chi connectivity index (χ1) is 8.99. The molecule has 0 amide bonds. The van der Waals surface area contributed by atoms with Crippen LogP contribution in [0.5, 0.6) is 0 Å². The molecule has 0 aliphatic rings. The molecular formula is C12H18Br2N2O3S. The third-order valence-electron chi connectivity index (χ3n) is 2.53. The molecule has 0 aliphatic carbocycles. The molecular weight excluding hydrogens is 412 g/mol. The van der Waals surface area contributed by atoms with Crippen molar-refractivity contribution in [1.29, 1.82) is 0 Å². The molecule has 0 fully saturated rings. The van der Waals surface area contributed by atoms with Gasteiger partial charge in [-0.1, -0.05) is 6.92 Å². The van der Waals surface area contributed by atoms with Crippen molar-refractivity contribution in [3.63, 3.8) is 0 Å². The molecule has 1 aromatic carbocycles. The van der Waals surface area contributed by atoms with Gasteiger partial charge in [0.2, 0.25) is 10.0 Å². The Bertz CT molecular complexity index is 574. The molecule has 20 heavy (non-hydrogen) atoms. The molecule has 0 radical (unpaired) electrons. The van der Waals surface area contributed by atoms with Crippen LogP contribution in [-0.2, 0) is 10.0 Å². The lowest BCUT2D eigenvalue weighted by molar-refractivity contribution is 0.0601. The standard InChI is InChI=1S/C12H18Br2N2O3S/c1-4-16(7-12(2,3)17)20(18,19)11-9(13)5-8(15)6-10(11)14/h5-6,17H,4,7,15H2,1-3H3. The van der Waals surface area contributed by atoms with Gasteiger partial charge < -0.3 is 10.8 Å². The smallest absolute Gasteiger partial charge is 0.245 e. The number of halogens is 2. The van der Waals surface area contributed by atoms with E-state index in [4.69, 9.17) is 5.73 Å². The SMILES string of the molecule is CCN(CC(C)(C)O)S(=O)(=O)c1c(Br)cc(N)cc1Br. The van der Waals surface area contributed by atoms with Crippen molar-refractivity contribution in [3.8, 4) is 0 Å². The minimum atomic E-state index is -3.74. The summed E-state index contributed by atoms with van der Waals surface area (Å²) in [6, 6.07) is 3.07. The lowest BCUT2D eigenvalue weighted by atomic mass is 10.1. The molecule has 3 N–H and O–H groups in total. The number of rotatable bonds is 5. The van der Waals surface area contributed by atoms with Crippen molar-refractivity contribution >= 4 is 47.6 Å². The number of nitrogen functional groups attached to an aromatic ring is 1. The number of likely N-dealkylation sites (N-methyl/N-ethyl adjacent to an activating group) is 1. The molecule has 0 heterocycles. The van der Waals surface area contributed by atoms with Gasteiger partial charge in [0, 0.05) is 27.7 Å². The van der Waals surface area contributed by atoms with E-state index in [-0.39, 0.29) is 18.0 Å². The maximum Gasteiger partial charge on any atom is 0.245 e. The van der Waals surface area contributed by atoms with Crippen LogP contribution in [0.4, 0.5) is 5.69 Å². The van der Waals surface area contributed by atoms with Crippen LogP contribution < -0.4 is 5.73 Å². The fourth-order valence-electron chi connectivity index (χ4n) is 1.75. The van der Waals surface area contributed by atoms with E-state index < -0.39 is 15.6 Å². The molecule has 0 bridgehead atoms. The second-order valence-corrected chi connectivity index (χ2v) is 8.64. The first kappa shape index (κ1) is 17.9. The van der Waals surface area contributed by atoms with Crippen LogP contribution in [0.2, 0.25) is 0 Å². The van der Waals surface area contributed by atoms with Crippen LogP contribution in [0.3, 0.4) is 0 Å². The molecule has 8 heteroatoms. The van der Waals surface area contributed by atoms with Crippen LogP contribution in [0.1, 0.15) is 20.8 Å². The minimum Gasteiger partial charge on any atom is -0.399 e. The average molecular weight is 430 g/mol. The second-order valence-electron chi connectivity index (χ2n) is 5.06. The number of hydrogen-bond donors (Lipinski definition) is 2. The van der Waals surface area contributed by atoms with Crippen molar-refractivity contribution in [3.05, 3.63) is 21.1 Å². The van der Waals surface area contributed by atoms with E-state index in [2.05, 4.69) is 31.9 Å². The number of aliphatic hydroxyl groups is 1. The molecule has 5 nitrogen and oxygen atoms in total. The predicted octanol–water partition coefficient (Wildman–Crippen LogP) is 2.58. The lowest BCUT2D eigenvalue weighted by Gasteiger charge is -2.28. The van der Waals surface area contributed by atoms with Gasteiger partial charge in [-0.15, -0.1) is 0 Å². The highest BCUT2D eigenvalue weighted by molar-refractivity contribution is 9.11. The van der Waals surface area contributed by atoms with E-state index in [0.29, 0.717) is 14.6 Å². The van der Waals surface area contributed by atoms with Gasteiger partial charge in [-0.25, -0.2) is 8.42 Å². The van der Waals surface area contributed by atoms with Gasteiger partial charge in [-0.3, -0.25) is 0 Å². The third kappa shape index (κ3) is 4.17. The molecule has 0 atom stereocenters. The van der Waals surface area contributed by atoms with Gasteiger partial charge in [0.15, 0.2) is 0 Å². The van der Waals surface area contributed by atoms with Crippen molar-refractivity contribution in [2.24, 2.45) is 0 Å². The zero-order valence-corrected chi connectivity index (χ0v) is 15.5. The fourth-order valence-corrected chi connectivity index (χ4v) is 5.90. The normalized spacial score (nSPS) is 12.9. The molecule has 1 rings (SSSR count). The number of nitrogens with two attached hydrogens (primary N) is 1. The van der Waals surface area contributed by atoms with Crippen LogP contribution in [0.25, 0.3) is 0 Å². The van der Waals surface area contributed by atoms with Crippen LogP contribution in [-0.4, -0.2) is 36.5 Å². The maximum absolute atomic E-state index is 12.7. The summed E-state index contributed by atoms with van der Waals surface area (Å²) >= 11 is 6.47. The summed E-state index contributed by atoms with van der Waals surface area (Å²) in [6.07, 6.45) is 0. The van der Waals surface area contributed by atoms with Crippen molar-refractivity contribution in [2.75, 3.05) is 18.8 Å². The van der Waals surface area contributed by atoms with Crippen molar-refractivity contribution < 1.29 is 13.5 Å². The van der Waals surface area contributed by atoms with Crippen molar-refractivity contribution in [2.45, 2.75) is 31.3 Å². The molecule has 114 valence electrons. The highest BCUT2D eigenvalue weighted by Crippen LogP contribution is 2.34. The highest BCUT2D eigenvalue weighted by Gasteiger charge is 2.31. The Kier molecular flexibility index (Phi) is 5.65. The summed E-state index contributed by atoms with van der Waals surface area (Å²) in [6.45, 7) is 5.13. The van der Waals surface area contributed by atoms with Crippen LogP contribution in [0.15, 0.2) is 26.0 Å². The van der Waals surface area contributed by atoms with Gasteiger partial charge in [-0.05, 0) is 57.8 Å². The van der Waals surface area contributed by atoms with Crippen LogP contribution >= 0.6 is 31.9 Å². The Morgan fingerprint density at radius 2 is 1.75 bits per heavy atom. The minimum absolute atomic E-state index is 0.00902.